The summed E-state index contributed by atoms with van der Waals surface area (Å²) in [6, 6.07) is 11.5. The number of hydrogen-bond acceptors (Lipinski definition) is 4. The molecular formula is C16H15ClN3O2S+. The van der Waals surface area contributed by atoms with Crippen LogP contribution in [0.3, 0.4) is 0 Å². The number of nitrogens with zero attached hydrogens (tertiary/aromatic N) is 3. The van der Waals surface area contributed by atoms with Gasteiger partial charge >= 0.3 is 5.69 Å². The van der Waals surface area contributed by atoms with Gasteiger partial charge in [-0.2, -0.15) is 0 Å². The van der Waals surface area contributed by atoms with Gasteiger partial charge in [0, 0.05) is 36.3 Å². The molecule has 0 saturated heterocycles. The van der Waals surface area contributed by atoms with Crippen LogP contribution < -0.4 is 4.90 Å². The predicted octanol–water partition coefficient (Wildman–Crippen LogP) is 4.34. The molecule has 0 heterocycles. The van der Waals surface area contributed by atoms with E-state index in [0.29, 0.717) is 16.3 Å². The van der Waals surface area contributed by atoms with E-state index in [-0.39, 0.29) is 10.6 Å². The minimum absolute atomic E-state index is 0.0144. The summed E-state index contributed by atoms with van der Waals surface area (Å²) in [7, 11) is -0.208. The van der Waals surface area contributed by atoms with Gasteiger partial charge in [0.2, 0.25) is 15.2 Å². The van der Waals surface area contributed by atoms with Gasteiger partial charge in [0.1, 0.15) is 0 Å². The second-order valence-electron chi connectivity index (χ2n) is 5.02. The molecule has 0 aliphatic rings. The molecule has 0 aromatic heterocycles. The first kappa shape index (κ1) is 17.0. The molecule has 5 nitrogen and oxygen atoms in total. The molecule has 0 N–H and O–H groups in total. The molecule has 0 radical (unpaired) electrons. The molecule has 0 aliphatic carbocycles. The molecular weight excluding hydrogens is 334 g/mol. The number of diazo groups is 1. The summed E-state index contributed by atoms with van der Waals surface area (Å²) < 4.78 is 25.1. The number of sulfone groups is 1. The monoisotopic (exact) mass is 348 g/mol. The maximum absolute atomic E-state index is 12.6. The summed E-state index contributed by atoms with van der Waals surface area (Å²) in [6.45, 7) is 0. The zero-order valence-electron chi connectivity index (χ0n) is 12.6. The standard InChI is InChI=1S/C16H15ClN3O2S/c1-20(2)13-7-8-15(19-18)16(11-13)23(21,22)10-9-12-5-3-4-6-14(12)17/h3-11H,1-2H3/q+1/b10-9-. The van der Waals surface area contributed by atoms with Gasteiger partial charge < -0.3 is 4.90 Å². The largest absolute Gasteiger partial charge is 0.404 e. The van der Waals surface area contributed by atoms with Crippen molar-refractivity contribution in [2.45, 2.75) is 4.90 Å². The van der Waals surface area contributed by atoms with Gasteiger partial charge in [-0.3, -0.25) is 0 Å². The minimum Gasteiger partial charge on any atom is -0.378 e. The number of benzene rings is 2. The van der Waals surface area contributed by atoms with E-state index in [1.54, 1.807) is 49.3 Å². The molecule has 0 atom stereocenters. The number of halogens is 1. The second kappa shape index (κ2) is 6.82. The molecule has 118 valence electrons. The van der Waals surface area contributed by atoms with Gasteiger partial charge in [0.15, 0.2) is 9.87 Å². The Morgan fingerprint density at radius 1 is 1.17 bits per heavy atom. The van der Waals surface area contributed by atoms with Crippen LogP contribution in [0, 0.1) is 5.39 Å². The average Bonchev–Trinajstić information content (AvgIpc) is 2.53. The summed E-state index contributed by atoms with van der Waals surface area (Å²) >= 11 is 6.01. The molecule has 0 aliphatic heterocycles. The van der Waals surface area contributed by atoms with Crippen LogP contribution in [-0.4, -0.2) is 22.5 Å². The van der Waals surface area contributed by atoms with Crippen molar-refractivity contribution in [3.8, 4) is 0 Å². The van der Waals surface area contributed by atoms with Crippen LogP contribution in [0.15, 0.2) is 52.8 Å². The lowest BCUT2D eigenvalue weighted by atomic mass is 10.2. The summed E-state index contributed by atoms with van der Waals surface area (Å²) in [6.07, 6.45) is 1.42. The number of rotatable bonds is 4. The van der Waals surface area contributed by atoms with Crippen molar-refractivity contribution >= 4 is 38.9 Å². The van der Waals surface area contributed by atoms with Crippen LogP contribution in [-0.2, 0) is 9.84 Å². The summed E-state index contributed by atoms with van der Waals surface area (Å²) in [5.74, 6) is 0. The fourth-order valence-corrected chi connectivity index (χ4v) is 3.29. The summed E-state index contributed by atoms with van der Waals surface area (Å²) in [4.78, 5) is 4.74. The van der Waals surface area contributed by atoms with Crippen LogP contribution in [0.5, 0.6) is 0 Å². The van der Waals surface area contributed by atoms with Crippen molar-refractivity contribution in [1.29, 1.82) is 5.39 Å². The van der Waals surface area contributed by atoms with E-state index in [4.69, 9.17) is 17.0 Å². The van der Waals surface area contributed by atoms with Gasteiger partial charge in [-0.1, -0.05) is 29.8 Å². The third-order valence-corrected chi connectivity index (χ3v) is 4.98. The Hall–Kier alpha value is -2.36. The van der Waals surface area contributed by atoms with Gasteiger partial charge in [0.05, 0.1) is 0 Å². The number of anilines is 1. The van der Waals surface area contributed by atoms with E-state index in [0.717, 1.165) is 5.41 Å². The Bertz CT molecular complexity index is 900. The molecule has 0 amide bonds. The smallest absolute Gasteiger partial charge is 0.378 e. The topological polar surface area (TPSA) is 65.5 Å². The van der Waals surface area contributed by atoms with E-state index < -0.39 is 9.84 Å². The quantitative estimate of drug-likeness (QED) is 0.771. The Morgan fingerprint density at radius 2 is 1.87 bits per heavy atom. The lowest BCUT2D eigenvalue weighted by Crippen LogP contribution is -2.09. The first-order valence-electron chi connectivity index (χ1n) is 6.69. The number of hydrogen-bond donors (Lipinski definition) is 0. The van der Waals surface area contributed by atoms with Gasteiger partial charge in [0.25, 0.3) is 0 Å². The molecule has 2 aromatic rings. The molecule has 23 heavy (non-hydrogen) atoms. The lowest BCUT2D eigenvalue weighted by Gasteiger charge is -2.12. The normalized spacial score (nSPS) is 11.4. The lowest BCUT2D eigenvalue weighted by molar-refractivity contribution is 0.605. The molecule has 0 bridgehead atoms. The molecule has 0 unspecified atom stereocenters. The van der Waals surface area contributed by atoms with Crippen LogP contribution in [0.25, 0.3) is 11.1 Å². The minimum atomic E-state index is -3.79. The van der Waals surface area contributed by atoms with Crippen molar-refractivity contribution < 1.29 is 8.42 Å². The molecule has 0 saturated carbocycles. The zero-order valence-corrected chi connectivity index (χ0v) is 14.2. The molecule has 2 aromatic carbocycles. The highest BCUT2D eigenvalue weighted by atomic mass is 35.5. The molecule has 2 rings (SSSR count). The van der Waals surface area contributed by atoms with Crippen molar-refractivity contribution in [2.75, 3.05) is 19.0 Å². The Labute approximate surface area is 140 Å². The highest BCUT2D eigenvalue weighted by Crippen LogP contribution is 2.30. The van der Waals surface area contributed by atoms with Gasteiger partial charge in [-0.05, 0) is 29.8 Å². The Kier molecular flexibility index (Phi) is 5.04. The van der Waals surface area contributed by atoms with E-state index in [1.807, 2.05) is 0 Å². The van der Waals surface area contributed by atoms with E-state index in [2.05, 4.69) is 4.98 Å². The van der Waals surface area contributed by atoms with Gasteiger partial charge in [-0.15, -0.1) is 0 Å². The SMILES string of the molecule is CN(C)c1ccc([N+]#N)c(S(=O)(=O)/C=C\c2ccccc2Cl)c1. The maximum Gasteiger partial charge on any atom is 0.404 e. The van der Waals surface area contributed by atoms with Crippen LogP contribution >= 0.6 is 11.6 Å². The average molecular weight is 349 g/mol. The first-order valence-corrected chi connectivity index (χ1v) is 8.62. The van der Waals surface area contributed by atoms with Crippen molar-refractivity contribution in [1.82, 2.24) is 0 Å². The zero-order chi connectivity index (χ0) is 17.0. The molecule has 0 spiro atoms. The van der Waals surface area contributed by atoms with Crippen LogP contribution in [0.4, 0.5) is 11.4 Å². The fourth-order valence-electron chi connectivity index (χ4n) is 1.94. The predicted molar refractivity (Wildman–Crippen MR) is 93.2 cm³/mol. The maximum atomic E-state index is 12.6. The molecule has 0 fully saturated rings. The van der Waals surface area contributed by atoms with E-state index in [9.17, 15) is 8.42 Å². The highest BCUT2D eigenvalue weighted by molar-refractivity contribution is 7.94. The molecule has 7 heteroatoms. The van der Waals surface area contributed by atoms with Crippen molar-refractivity contribution in [3.05, 3.63) is 63.4 Å². The van der Waals surface area contributed by atoms with Crippen molar-refractivity contribution in [3.63, 3.8) is 0 Å². The summed E-state index contributed by atoms with van der Waals surface area (Å²) in [5, 5.41) is 10.5. The third-order valence-electron chi connectivity index (χ3n) is 3.21. The first-order chi connectivity index (χ1) is 10.8. The fraction of sp³-hybridized carbons (Fsp3) is 0.125. The van der Waals surface area contributed by atoms with Gasteiger partial charge in [-0.25, -0.2) is 8.42 Å². The third kappa shape index (κ3) is 3.89. The second-order valence-corrected chi connectivity index (χ2v) is 7.22. The van der Waals surface area contributed by atoms with Crippen LogP contribution in [0.2, 0.25) is 5.02 Å². The van der Waals surface area contributed by atoms with Crippen LogP contribution in [0.1, 0.15) is 5.56 Å². The Morgan fingerprint density at radius 3 is 2.48 bits per heavy atom. The van der Waals surface area contributed by atoms with E-state index >= 15 is 0 Å². The Balaban J connectivity index is 2.50. The highest BCUT2D eigenvalue weighted by Gasteiger charge is 2.25. The van der Waals surface area contributed by atoms with Crippen molar-refractivity contribution in [2.24, 2.45) is 0 Å². The summed E-state index contributed by atoms with van der Waals surface area (Å²) in [5.41, 5.74) is 1.26. The van der Waals surface area contributed by atoms with E-state index in [1.165, 1.54) is 18.2 Å².